The van der Waals surface area contributed by atoms with Gasteiger partial charge in [-0.3, -0.25) is 4.79 Å². The number of nitrogens with zero attached hydrogens (tertiary/aromatic N) is 1. The molecule has 0 bridgehead atoms. The summed E-state index contributed by atoms with van der Waals surface area (Å²) < 4.78 is 0.782. The molecular formula is C15H12BrN3O. The highest BCUT2D eigenvalue weighted by molar-refractivity contribution is 9.10. The molecule has 2 heterocycles. The van der Waals surface area contributed by atoms with Gasteiger partial charge in [0.2, 0.25) is 0 Å². The Morgan fingerprint density at radius 2 is 2.15 bits per heavy atom. The van der Waals surface area contributed by atoms with Gasteiger partial charge < -0.3 is 10.3 Å². The molecule has 0 atom stereocenters. The highest BCUT2D eigenvalue weighted by atomic mass is 79.9. The summed E-state index contributed by atoms with van der Waals surface area (Å²) in [5.74, 6) is -0.142. The summed E-state index contributed by atoms with van der Waals surface area (Å²) >= 11 is 3.34. The maximum Gasteiger partial charge on any atom is 0.255 e. The second-order valence-corrected chi connectivity index (χ2v) is 5.32. The molecule has 0 aliphatic carbocycles. The molecular weight excluding hydrogens is 318 g/mol. The van der Waals surface area contributed by atoms with Crippen LogP contribution in [0.4, 0.5) is 5.69 Å². The molecule has 100 valence electrons. The number of fused-ring (bicyclic) bond motifs is 1. The van der Waals surface area contributed by atoms with E-state index in [1.165, 1.54) is 0 Å². The second kappa shape index (κ2) is 5.09. The Bertz CT molecular complexity index is 795. The van der Waals surface area contributed by atoms with Gasteiger partial charge >= 0.3 is 0 Å². The molecule has 3 aromatic rings. The number of carbonyl (C=O) groups excluding carboxylic acids is 1. The quantitative estimate of drug-likeness (QED) is 0.701. The van der Waals surface area contributed by atoms with E-state index in [0.717, 1.165) is 21.1 Å². The Labute approximate surface area is 124 Å². The predicted octanol–water partition coefficient (Wildman–Crippen LogP) is 3.89. The molecule has 0 spiro atoms. The van der Waals surface area contributed by atoms with Crippen molar-refractivity contribution in [2.75, 3.05) is 5.32 Å². The van der Waals surface area contributed by atoms with Crippen molar-refractivity contribution >= 4 is 38.4 Å². The number of benzene rings is 1. The fraction of sp³-hybridized carbons (Fsp3) is 0.0667. The van der Waals surface area contributed by atoms with Crippen molar-refractivity contribution in [3.05, 3.63) is 58.5 Å². The van der Waals surface area contributed by atoms with Gasteiger partial charge in [-0.2, -0.15) is 0 Å². The van der Waals surface area contributed by atoms with Gasteiger partial charge in [0.25, 0.3) is 5.91 Å². The molecule has 0 aliphatic heterocycles. The number of aromatic amines is 1. The first-order valence-electron chi connectivity index (χ1n) is 6.14. The smallest absolute Gasteiger partial charge is 0.255 e. The van der Waals surface area contributed by atoms with Gasteiger partial charge in [0.1, 0.15) is 4.60 Å². The number of hydrogen-bond donors (Lipinski definition) is 2. The van der Waals surface area contributed by atoms with Crippen LogP contribution in [0.3, 0.4) is 0 Å². The zero-order valence-corrected chi connectivity index (χ0v) is 12.4. The van der Waals surface area contributed by atoms with Gasteiger partial charge in [-0.05, 0) is 58.7 Å². The lowest BCUT2D eigenvalue weighted by molar-refractivity contribution is 0.102. The van der Waals surface area contributed by atoms with Gasteiger partial charge in [-0.15, -0.1) is 0 Å². The monoisotopic (exact) mass is 329 g/mol. The molecule has 1 amide bonds. The number of amides is 1. The highest BCUT2D eigenvalue weighted by Crippen LogP contribution is 2.19. The minimum Gasteiger partial charge on any atom is -0.361 e. The lowest BCUT2D eigenvalue weighted by Gasteiger charge is -2.06. The van der Waals surface area contributed by atoms with Crippen LogP contribution in [0.1, 0.15) is 15.9 Å². The first kappa shape index (κ1) is 12.9. The third kappa shape index (κ3) is 2.44. The van der Waals surface area contributed by atoms with Crippen molar-refractivity contribution in [1.29, 1.82) is 0 Å². The second-order valence-electron chi connectivity index (χ2n) is 4.57. The van der Waals surface area contributed by atoms with Crippen molar-refractivity contribution in [3.63, 3.8) is 0 Å². The van der Waals surface area contributed by atoms with Crippen molar-refractivity contribution in [1.82, 2.24) is 9.97 Å². The number of nitrogens with one attached hydrogen (secondary N) is 2. The summed E-state index contributed by atoms with van der Waals surface area (Å²) in [5, 5.41) is 3.87. The number of rotatable bonds is 2. The molecule has 20 heavy (non-hydrogen) atoms. The molecule has 0 fully saturated rings. The molecule has 0 saturated heterocycles. The number of halogens is 1. The van der Waals surface area contributed by atoms with E-state index in [9.17, 15) is 4.79 Å². The van der Waals surface area contributed by atoms with Crippen LogP contribution in [-0.4, -0.2) is 15.9 Å². The summed E-state index contributed by atoms with van der Waals surface area (Å²) in [4.78, 5) is 19.5. The van der Waals surface area contributed by atoms with Gasteiger partial charge in [0.15, 0.2) is 0 Å². The molecule has 4 nitrogen and oxygen atoms in total. The highest BCUT2D eigenvalue weighted by Gasteiger charge is 2.08. The van der Waals surface area contributed by atoms with Crippen molar-refractivity contribution in [2.24, 2.45) is 0 Å². The van der Waals surface area contributed by atoms with E-state index in [2.05, 4.69) is 31.2 Å². The van der Waals surface area contributed by atoms with E-state index >= 15 is 0 Å². The fourth-order valence-corrected chi connectivity index (χ4v) is 2.24. The van der Waals surface area contributed by atoms with E-state index in [4.69, 9.17) is 0 Å². The van der Waals surface area contributed by atoms with Crippen LogP contribution in [0.5, 0.6) is 0 Å². The van der Waals surface area contributed by atoms with Gasteiger partial charge in [0.05, 0.1) is 11.9 Å². The summed E-state index contributed by atoms with van der Waals surface area (Å²) in [6, 6.07) is 9.38. The van der Waals surface area contributed by atoms with E-state index < -0.39 is 0 Å². The van der Waals surface area contributed by atoms with E-state index in [0.29, 0.717) is 11.3 Å². The zero-order chi connectivity index (χ0) is 14.1. The summed E-state index contributed by atoms with van der Waals surface area (Å²) in [6.45, 7) is 1.93. The number of carbonyl (C=O) groups is 1. The predicted molar refractivity (Wildman–Crippen MR) is 82.9 cm³/mol. The van der Waals surface area contributed by atoms with Crippen LogP contribution < -0.4 is 5.32 Å². The van der Waals surface area contributed by atoms with Crippen LogP contribution in [-0.2, 0) is 0 Å². The SMILES string of the molecule is Cc1cc(NC(=O)c2ccc3[nH]ccc3c2)cnc1Br. The number of pyridine rings is 1. The lowest BCUT2D eigenvalue weighted by Crippen LogP contribution is -2.12. The normalized spacial score (nSPS) is 10.7. The van der Waals surface area contributed by atoms with Crippen LogP contribution in [0.25, 0.3) is 10.9 Å². The van der Waals surface area contributed by atoms with E-state index in [-0.39, 0.29) is 5.91 Å². The Balaban J connectivity index is 1.86. The zero-order valence-electron chi connectivity index (χ0n) is 10.8. The van der Waals surface area contributed by atoms with Crippen molar-refractivity contribution in [3.8, 4) is 0 Å². The maximum absolute atomic E-state index is 12.2. The van der Waals surface area contributed by atoms with Gasteiger partial charge in [-0.1, -0.05) is 0 Å². The third-order valence-corrected chi connectivity index (χ3v) is 3.92. The number of aromatic nitrogens is 2. The summed E-state index contributed by atoms with van der Waals surface area (Å²) in [7, 11) is 0. The van der Waals surface area contributed by atoms with Crippen LogP contribution in [0.2, 0.25) is 0 Å². The van der Waals surface area contributed by atoms with Crippen molar-refractivity contribution in [2.45, 2.75) is 6.92 Å². The standard InChI is InChI=1S/C15H12BrN3O/c1-9-6-12(8-18-14(9)16)19-15(20)11-2-3-13-10(7-11)4-5-17-13/h2-8,17H,1H3,(H,19,20). The number of H-pyrrole nitrogens is 1. The third-order valence-electron chi connectivity index (χ3n) is 3.09. The van der Waals surface area contributed by atoms with Gasteiger partial charge in [-0.25, -0.2) is 4.98 Å². The number of hydrogen-bond acceptors (Lipinski definition) is 2. The van der Waals surface area contributed by atoms with Crippen molar-refractivity contribution < 1.29 is 4.79 Å². The molecule has 3 rings (SSSR count). The number of aryl methyl sites for hydroxylation is 1. The molecule has 0 radical (unpaired) electrons. The summed E-state index contributed by atoms with van der Waals surface area (Å²) in [5.41, 5.74) is 3.30. The lowest BCUT2D eigenvalue weighted by atomic mass is 10.1. The molecule has 0 saturated carbocycles. The van der Waals surface area contributed by atoms with Crippen LogP contribution >= 0.6 is 15.9 Å². The average Bonchev–Trinajstić information content (AvgIpc) is 2.90. The average molecular weight is 330 g/mol. The largest absolute Gasteiger partial charge is 0.361 e. The van der Waals surface area contributed by atoms with Crippen LogP contribution in [0, 0.1) is 6.92 Å². The minimum absolute atomic E-state index is 0.142. The molecule has 0 unspecified atom stereocenters. The van der Waals surface area contributed by atoms with E-state index in [1.54, 1.807) is 12.3 Å². The van der Waals surface area contributed by atoms with Crippen LogP contribution in [0.15, 0.2) is 47.3 Å². The summed E-state index contributed by atoms with van der Waals surface area (Å²) in [6.07, 6.45) is 3.48. The first-order valence-corrected chi connectivity index (χ1v) is 6.93. The molecule has 0 aliphatic rings. The number of anilines is 1. The van der Waals surface area contributed by atoms with E-state index in [1.807, 2.05) is 37.4 Å². The molecule has 1 aromatic carbocycles. The molecule has 5 heteroatoms. The first-order chi connectivity index (χ1) is 9.63. The fourth-order valence-electron chi connectivity index (χ4n) is 2.02. The molecule has 2 aromatic heterocycles. The Hall–Kier alpha value is -2.14. The minimum atomic E-state index is -0.142. The Kier molecular flexibility index (Phi) is 3.28. The van der Waals surface area contributed by atoms with Gasteiger partial charge in [0, 0.05) is 22.7 Å². The Morgan fingerprint density at radius 1 is 1.30 bits per heavy atom. The molecule has 2 N–H and O–H groups in total. The Morgan fingerprint density at radius 3 is 2.95 bits per heavy atom. The maximum atomic E-state index is 12.2. The topological polar surface area (TPSA) is 57.8 Å².